The summed E-state index contributed by atoms with van der Waals surface area (Å²) >= 11 is 0. The molecular formula is C17H29NO3. The molecule has 0 amide bonds. The minimum Gasteiger partial charge on any atom is -0.375 e. The fraction of sp³-hybridized carbons (Fsp3) is 1.00. The molecule has 0 radical (unpaired) electrons. The van der Waals surface area contributed by atoms with Gasteiger partial charge >= 0.3 is 0 Å². The van der Waals surface area contributed by atoms with E-state index in [4.69, 9.17) is 14.2 Å². The van der Waals surface area contributed by atoms with Gasteiger partial charge in [-0.15, -0.1) is 0 Å². The van der Waals surface area contributed by atoms with E-state index in [1.165, 1.54) is 44.9 Å². The Kier molecular flexibility index (Phi) is 3.99. The van der Waals surface area contributed by atoms with Crippen LogP contribution in [0.2, 0.25) is 0 Å². The van der Waals surface area contributed by atoms with Crippen molar-refractivity contribution in [2.24, 2.45) is 0 Å². The summed E-state index contributed by atoms with van der Waals surface area (Å²) in [6.45, 7) is 4.77. The zero-order valence-electron chi connectivity index (χ0n) is 13.1. The first-order valence-corrected chi connectivity index (χ1v) is 8.95. The first-order valence-electron chi connectivity index (χ1n) is 8.95. The average Bonchev–Trinajstić information content (AvgIpc) is 2.97. The topological polar surface area (TPSA) is 30.9 Å². The number of hydrogen-bond donors (Lipinski definition) is 0. The summed E-state index contributed by atoms with van der Waals surface area (Å²) < 4.78 is 18.0. The monoisotopic (exact) mass is 295 g/mol. The van der Waals surface area contributed by atoms with Gasteiger partial charge < -0.3 is 14.2 Å². The van der Waals surface area contributed by atoms with Gasteiger partial charge in [-0.1, -0.05) is 19.3 Å². The van der Waals surface area contributed by atoms with Gasteiger partial charge in [-0.3, -0.25) is 4.90 Å². The molecular weight excluding hydrogens is 266 g/mol. The molecule has 4 nitrogen and oxygen atoms in total. The van der Waals surface area contributed by atoms with E-state index in [1.54, 1.807) is 0 Å². The molecule has 1 atom stereocenters. The number of ether oxygens (including phenoxy) is 3. The van der Waals surface area contributed by atoms with Crippen LogP contribution in [0.1, 0.15) is 57.8 Å². The lowest BCUT2D eigenvalue weighted by Gasteiger charge is -2.48. The zero-order valence-corrected chi connectivity index (χ0v) is 13.1. The molecule has 0 aromatic heterocycles. The predicted molar refractivity (Wildman–Crippen MR) is 80.2 cm³/mol. The Morgan fingerprint density at radius 1 is 0.762 bits per heavy atom. The largest absolute Gasteiger partial charge is 0.375 e. The van der Waals surface area contributed by atoms with E-state index in [-0.39, 0.29) is 11.4 Å². The van der Waals surface area contributed by atoms with Crippen molar-refractivity contribution in [2.75, 3.05) is 32.9 Å². The van der Waals surface area contributed by atoms with Crippen molar-refractivity contribution in [1.82, 2.24) is 4.90 Å². The molecule has 4 heteroatoms. The van der Waals surface area contributed by atoms with Crippen molar-refractivity contribution < 1.29 is 14.2 Å². The van der Waals surface area contributed by atoms with Crippen molar-refractivity contribution in [1.29, 1.82) is 0 Å². The van der Waals surface area contributed by atoms with Gasteiger partial charge in [0.05, 0.1) is 18.8 Å². The minimum absolute atomic E-state index is 0.219. The molecule has 3 aliphatic heterocycles. The van der Waals surface area contributed by atoms with Crippen LogP contribution in [-0.2, 0) is 14.2 Å². The van der Waals surface area contributed by atoms with Crippen LogP contribution >= 0.6 is 0 Å². The van der Waals surface area contributed by atoms with Crippen LogP contribution in [0, 0.1) is 0 Å². The van der Waals surface area contributed by atoms with E-state index in [0.29, 0.717) is 0 Å². The molecule has 3 saturated heterocycles. The Morgan fingerprint density at radius 3 is 2.19 bits per heavy atom. The Labute approximate surface area is 128 Å². The number of rotatable bonds is 1. The van der Waals surface area contributed by atoms with Gasteiger partial charge in [-0.2, -0.15) is 0 Å². The van der Waals surface area contributed by atoms with Gasteiger partial charge in [0.1, 0.15) is 0 Å². The first kappa shape index (κ1) is 14.4. The second kappa shape index (κ2) is 5.80. The fourth-order valence-electron chi connectivity index (χ4n) is 4.87. The highest BCUT2D eigenvalue weighted by Gasteiger charge is 2.44. The van der Waals surface area contributed by atoms with Crippen LogP contribution in [-0.4, -0.2) is 55.2 Å². The normalized spacial score (nSPS) is 36.3. The summed E-state index contributed by atoms with van der Waals surface area (Å²) in [7, 11) is 0. The van der Waals surface area contributed by atoms with Gasteiger partial charge in [0.25, 0.3) is 0 Å². The minimum atomic E-state index is -0.232. The standard InChI is InChI=1S/C17H29NO3/c1-2-5-16(6-3-1)14-15(4-11-19-16)18-9-7-17(8-10-18)20-12-13-21-17/h15H,1-14H2. The molecule has 3 heterocycles. The molecule has 0 N–H and O–H groups in total. The molecule has 1 saturated carbocycles. The molecule has 4 aliphatic rings. The molecule has 0 bridgehead atoms. The second-order valence-corrected chi connectivity index (χ2v) is 7.38. The smallest absolute Gasteiger partial charge is 0.170 e. The van der Waals surface area contributed by atoms with Gasteiger partial charge in [0.15, 0.2) is 5.79 Å². The van der Waals surface area contributed by atoms with Gasteiger partial charge in [0.2, 0.25) is 0 Å². The lowest BCUT2D eigenvalue weighted by atomic mass is 9.77. The molecule has 4 rings (SSSR count). The first-order chi connectivity index (χ1) is 10.3. The Balaban J connectivity index is 1.36. The van der Waals surface area contributed by atoms with Crippen LogP contribution in [0.25, 0.3) is 0 Å². The highest BCUT2D eigenvalue weighted by Crippen LogP contribution is 2.41. The summed E-state index contributed by atoms with van der Waals surface area (Å²) in [4.78, 5) is 2.69. The van der Waals surface area contributed by atoms with E-state index < -0.39 is 0 Å². The summed E-state index contributed by atoms with van der Waals surface area (Å²) in [6.07, 6.45) is 11.2. The molecule has 1 aliphatic carbocycles. The third kappa shape index (κ3) is 2.88. The molecule has 0 aromatic rings. The van der Waals surface area contributed by atoms with Gasteiger partial charge in [-0.05, 0) is 25.7 Å². The molecule has 0 aromatic carbocycles. The molecule has 21 heavy (non-hydrogen) atoms. The molecule has 1 unspecified atom stereocenters. The van der Waals surface area contributed by atoms with E-state index >= 15 is 0 Å². The SMILES string of the molecule is C1CCC2(CC1)CC(N1CCC3(CC1)OCCO3)CCO2. The van der Waals surface area contributed by atoms with E-state index in [2.05, 4.69) is 4.90 Å². The highest BCUT2D eigenvalue weighted by atomic mass is 16.7. The van der Waals surface area contributed by atoms with Crippen molar-refractivity contribution in [2.45, 2.75) is 75.2 Å². The second-order valence-electron chi connectivity index (χ2n) is 7.38. The Morgan fingerprint density at radius 2 is 1.48 bits per heavy atom. The van der Waals surface area contributed by atoms with Crippen LogP contribution < -0.4 is 0 Å². The maximum absolute atomic E-state index is 6.24. The number of hydrogen-bond acceptors (Lipinski definition) is 4. The zero-order chi connectivity index (χ0) is 14.2. The maximum atomic E-state index is 6.24. The van der Waals surface area contributed by atoms with Crippen molar-refractivity contribution in [3.05, 3.63) is 0 Å². The van der Waals surface area contributed by atoms with Crippen LogP contribution in [0.4, 0.5) is 0 Å². The average molecular weight is 295 g/mol. The van der Waals surface area contributed by atoms with Crippen molar-refractivity contribution in [3.63, 3.8) is 0 Å². The van der Waals surface area contributed by atoms with E-state index in [9.17, 15) is 0 Å². The predicted octanol–water partition coefficient (Wildman–Crippen LogP) is 2.71. The number of nitrogens with zero attached hydrogens (tertiary/aromatic N) is 1. The van der Waals surface area contributed by atoms with Crippen LogP contribution in [0.3, 0.4) is 0 Å². The van der Waals surface area contributed by atoms with Crippen molar-refractivity contribution in [3.8, 4) is 0 Å². The number of piperidine rings is 1. The quantitative estimate of drug-likeness (QED) is 0.744. The summed E-state index contributed by atoms with van der Waals surface area (Å²) in [5.41, 5.74) is 0.219. The fourth-order valence-corrected chi connectivity index (χ4v) is 4.87. The summed E-state index contributed by atoms with van der Waals surface area (Å²) in [5, 5.41) is 0. The maximum Gasteiger partial charge on any atom is 0.170 e. The lowest BCUT2D eigenvalue weighted by molar-refractivity contribution is -0.194. The molecule has 120 valence electrons. The lowest BCUT2D eigenvalue weighted by Crippen LogP contribution is -2.54. The summed E-state index contributed by atoms with van der Waals surface area (Å²) in [5.74, 6) is -0.232. The third-order valence-corrected chi connectivity index (χ3v) is 6.12. The van der Waals surface area contributed by atoms with E-state index in [0.717, 1.165) is 51.8 Å². The van der Waals surface area contributed by atoms with Crippen LogP contribution in [0.5, 0.6) is 0 Å². The van der Waals surface area contributed by atoms with Crippen molar-refractivity contribution >= 4 is 0 Å². The van der Waals surface area contributed by atoms with Crippen LogP contribution in [0.15, 0.2) is 0 Å². The van der Waals surface area contributed by atoms with E-state index in [1.807, 2.05) is 0 Å². The number of likely N-dealkylation sites (tertiary alicyclic amines) is 1. The molecule has 2 spiro atoms. The van der Waals surface area contributed by atoms with Gasteiger partial charge in [-0.25, -0.2) is 0 Å². The highest BCUT2D eigenvalue weighted by molar-refractivity contribution is 4.95. The molecule has 4 fully saturated rings. The Bertz CT molecular complexity index is 346. The Hall–Kier alpha value is -0.160. The third-order valence-electron chi connectivity index (χ3n) is 6.12. The summed E-state index contributed by atoms with van der Waals surface area (Å²) in [6, 6.07) is 0.718. The van der Waals surface area contributed by atoms with Gasteiger partial charge in [0, 0.05) is 38.6 Å².